The van der Waals surface area contributed by atoms with Crippen molar-refractivity contribution in [2.75, 3.05) is 0 Å². The molecule has 2 aromatic rings. The van der Waals surface area contributed by atoms with Gasteiger partial charge in [-0.15, -0.1) is 0 Å². The number of para-hydroxylation sites is 1. The summed E-state index contributed by atoms with van der Waals surface area (Å²) in [5, 5.41) is 10.3. The minimum Gasteiger partial charge on any atom is -0.483 e. The van der Waals surface area contributed by atoms with Crippen molar-refractivity contribution >= 4 is 0 Å². The van der Waals surface area contributed by atoms with Crippen LogP contribution in [0.15, 0.2) is 42.5 Å². The molecule has 1 N–H and O–H groups in total. The topological polar surface area (TPSA) is 29.5 Å². The maximum absolute atomic E-state index is 10.3. The molecule has 0 aromatic heterocycles. The minimum absolute atomic E-state index is 0.269. The Balaban J connectivity index is 1.96. The Morgan fingerprint density at radius 2 is 1.84 bits per heavy atom. The lowest BCUT2D eigenvalue weighted by Crippen LogP contribution is -2.30. The number of hydrogen-bond acceptors (Lipinski definition) is 2. The Bertz CT molecular complexity index is 604. The molecule has 2 heteroatoms. The third-order valence-corrected chi connectivity index (χ3v) is 3.86. The molecule has 1 aliphatic rings. The van der Waals surface area contributed by atoms with E-state index in [0.717, 1.165) is 16.9 Å². The molecule has 0 saturated carbocycles. The predicted octanol–water partition coefficient (Wildman–Crippen LogP) is 3.34. The summed E-state index contributed by atoms with van der Waals surface area (Å²) in [7, 11) is 0. The Kier molecular flexibility index (Phi) is 3.03. The molecule has 0 radical (unpaired) electrons. The minimum atomic E-state index is -0.489. The number of fused-ring (bicyclic) bond motifs is 1. The molecule has 2 nitrogen and oxygen atoms in total. The number of benzene rings is 2. The standard InChI is InChI=1S/C17H18O2/c1-11-7-8-14(9-12(11)2)17-15(18)10-13-5-3-4-6-16(13)19-17/h3-9,15,17-18H,10H2,1-2H3. The molecular formula is C17H18O2. The summed E-state index contributed by atoms with van der Waals surface area (Å²) in [6, 6.07) is 14.2. The van der Waals surface area contributed by atoms with Crippen molar-refractivity contribution in [3.63, 3.8) is 0 Å². The average Bonchev–Trinajstić information content (AvgIpc) is 2.41. The summed E-state index contributed by atoms with van der Waals surface area (Å²) in [6.45, 7) is 4.18. The summed E-state index contributed by atoms with van der Waals surface area (Å²) in [5.74, 6) is 0.885. The van der Waals surface area contributed by atoms with Gasteiger partial charge in [-0.2, -0.15) is 0 Å². The van der Waals surface area contributed by atoms with Crippen LogP contribution < -0.4 is 4.74 Å². The summed E-state index contributed by atoms with van der Waals surface area (Å²) in [5.41, 5.74) is 4.61. The van der Waals surface area contributed by atoms with E-state index in [0.29, 0.717) is 6.42 Å². The Hall–Kier alpha value is -1.80. The zero-order valence-electron chi connectivity index (χ0n) is 11.3. The molecule has 0 amide bonds. The summed E-state index contributed by atoms with van der Waals surface area (Å²) >= 11 is 0. The van der Waals surface area contributed by atoms with Crippen LogP contribution in [0.25, 0.3) is 0 Å². The maximum atomic E-state index is 10.3. The summed E-state index contributed by atoms with van der Waals surface area (Å²) in [6.07, 6.45) is -0.112. The van der Waals surface area contributed by atoms with Gasteiger partial charge < -0.3 is 9.84 Å². The van der Waals surface area contributed by atoms with Crippen molar-refractivity contribution in [3.8, 4) is 5.75 Å². The van der Waals surface area contributed by atoms with Gasteiger partial charge in [0.05, 0.1) is 6.10 Å². The number of aliphatic hydroxyl groups excluding tert-OH is 1. The fourth-order valence-electron chi connectivity index (χ4n) is 2.57. The van der Waals surface area contributed by atoms with Crippen LogP contribution in [0, 0.1) is 13.8 Å². The molecule has 2 unspecified atom stereocenters. The molecule has 0 saturated heterocycles. The maximum Gasteiger partial charge on any atom is 0.150 e. The van der Waals surface area contributed by atoms with Gasteiger partial charge in [0.2, 0.25) is 0 Å². The average molecular weight is 254 g/mol. The third-order valence-electron chi connectivity index (χ3n) is 3.86. The fraction of sp³-hybridized carbons (Fsp3) is 0.294. The lowest BCUT2D eigenvalue weighted by Gasteiger charge is -2.31. The van der Waals surface area contributed by atoms with Gasteiger partial charge in [-0.25, -0.2) is 0 Å². The quantitative estimate of drug-likeness (QED) is 0.845. The number of aliphatic hydroxyl groups is 1. The molecule has 1 aliphatic heterocycles. The molecule has 0 spiro atoms. The van der Waals surface area contributed by atoms with E-state index < -0.39 is 6.10 Å². The highest BCUT2D eigenvalue weighted by Gasteiger charge is 2.29. The number of aryl methyl sites for hydroxylation is 2. The lowest BCUT2D eigenvalue weighted by molar-refractivity contribution is 0.0208. The van der Waals surface area contributed by atoms with E-state index in [1.807, 2.05) is 30.3 Å². The van der Waals surface area contributed by atoms with Crippen LogP contribution in [0.3, 0.4) is 0 Å². The SMILES string of the molecule is Cc1ccc(C2Oc3ccccc3CC2O)cc1C. The second-order valence-electron chi connectivity index (χ2n) is 5.26. The van der Waals surface area contributed by atoms with Crippen molar-refractivity contribution in [1.29, 1.82) is 0 Å². The second-order valence-corrected chi connectivity index (χ2v) is 5.26. The highest BCUT2D eigenvalue weighted by Crippen LogP contribution is 2.35. The van der Waals surface area contributed by atoms with Crippen molar-refractivity contribution in [2.24, 2.45) is 0 Å². The molecule has 98 valence electrons. The van der Waals surface area contributed by atoms with Crippen LogP contribution in [-0.4, -0.2) is 11.2 Å². The van der Waals surface area contributed by atoms with E-state index in [4.69, 9.17) is 4.74 Å². The van der Waals surface area contributed by atoms with E-state index in [9.17, 15) is 5.11 Å². The third kappa shape index (κ3) is 2.24. The van der Waals surface area contributed by atoms with E-state index in [1.54, 1.807) is 0 Å². The van der Waals surface area contributed by atoms with Crippen LogP contribution in [-0.2, 0) is 6.42 Å². The fourth-order valence-corrected chi connectivity index (χ4v) is 2.57. The van der Waals surface area contributed by atoms with Crippen molar-refractivity contribution in [1.82, 2.24) is 0 Å². The zero-order valence-corrected chi connectivity index (χ0v) is 11.3. The molecular weight excluding hydrogens is 236 g/mol. The second kappa shape index (κ2) is 4.71. The molecule has 3 rings (SSSR count). The van der Waals surface area contributed by atoms with E-state index >= 15 is 0 Å². The van der Waals surface area contributed by atoms with Crippen LogP contribution in [0.1, 0.15) is 28.4 Å². The van der Waals surface area contributed by atoms with E-state index in [1.165, 1.54) is 11.1 Å². The first-order chi connectivity index (χ1) is 9.15. The van der Waals surface area contributed by atoms with Crippen LogP contribution in [0.4, 0.5) is 0 Å². The first kappa shape index (κ1) is 12.2. The van der Waals surface area contributed by atoms with Gasteiger partial charge in [0.25, 0.3) is 0 Å². The molecule has 2 aromatic carbocycles. The van der Waals surface area contributed by atoms with Crippen molar-refractivity contribution in [3.05, 3.63) is 64.7 Å². The highest BCUT2D eigenvalue weighted by molar-refractivity contribution is 5.39. The molecule has 19 heavy (non-hydrogen) atoms. The Labute approximate surface area is 113 Å². The molecule has 2 atom stereocenters. The number of rotatable bonds is 1. The van der Waals surface area contributed by atoms with Gasteiger partial charge in [-0.3, -0.25) is 0 Å². The van der Waals surface area contributed by atoms with E-state index in [-0.39, 0.29) is 6.10 Å². The van der Waals surface area contributed by atoms with Gasteiger partial charge in [0, 0.05) is 6.42 Å². The van der Waals surface area contributed by atoms with Crippen molar-refractivity contribution in [2.45, 2.75) is 32.5 Å². The molecule has 0 aliphatic carbocycles. The Morgan fingerprint density at radius 1 is 1.05 bits per heavy atom. The molecule has 0 bridgehead atoms. The van der Waals surface area contributed by atoms with Crippen molar-refractivity contribution < 1.29 is 9.84 Å². The number of hydrogen-bond donors (Lipinski definition) is 1. The first-order valence-corrected chi connectivity index (χ1v) is 6.65. The Morgan fingerprint density at radius 3 is 2.63 bits per heavy atom. The highest BCUT2D eigenvalue weighted by atomic mass is 16.5. The first-order valence-electron chi connectivity index (χ1n) is 6.65. The molecule has 1 heterocycles. The monoisotopic (exact) mass is 254 g/mol. The smallest absolute Gasteiger partial charge is 0.150 e. The predicted molar refractivity (Wildman–Crippen MR) is 75.4 cm³/mol. The van der Waals surface area contributed by atoms with Crippen LogP contribution in [0.2, 0.25) is 0 Å². The molecule has 0 fully saturated rings. The lowest BCUT2D eigenvalue weighted by atomic mass is 9.93. The van der Waals surface area contributed by atoms with Gasteiger partial charge >= 0.3 is 0 Å². The van der Waals surface area contributed by atoms with Crippen LogP contribution >= 0.6 is 0 Å². The van der Waals surface area contributed by atoms with Gasteiger partial charge in [-0.05, 0) is 42.2 Å². The normalized spacial score (nSPS) is 21.6. The van der Waals surface area contributed by atoms with Gasteiger partial charge in [-0.1, -0.05) is 36.4 Å². The van der Waals surface area contributed by atoms with E-state index in [2.05, 4.69) is 26.0 Å². The largest absolute Gasteiger partial charge is 0.483 e. The van der Waals surface area contributed by atoms with Gasteiger partial charge in [0.1, 0.15) is 11.9 Å². The summed E-state index contributed by atoms with van der Waals surface area (Å²) in [4.78, 5) is 0. The van der Waals surface area contributed by atoms with Gasteiger partial charge in [0.15, 0.2) is 0 Å². The van der Waals surface area contributed by atoms with Crippen LogP contribution in [0.5, 0.6) is 5.75 Å². The number of ether oxygens (including phenoxy) is 1. The zero-order chi connectivity index (χ0) is 13.4. The summed E-state index contributed by atoms with van der Waals surface area (Å²) < 4.78 is 5.98.